The molecular formula is C27H28N4O2. The number of carbonyl (C=O) groups excluding carboxylic acids is 1. The molecule has 4 aromatic rings. The molecule has 3 heterocycles. The molecule has 0 aliphatic carbocycles. The number of aryl methyl sites for hydroxylation is 1. The summed E-state index contributed by atoms with van der Waals surface area (Å²) in [5, 5.41) is 16.0. The molecule has 33 heavy (non-hydrogen) atoms. The van der Waals surface area contributed by atoms with Crippen molar-refractivity contribution < 1.29 is 9.90 Å². The van der Waals surface area contributed by atoms with Crippen LogP contribution >= 0.6 is 0 Å². The second-order valence-corrected chi connectivity index (χ2v) is 8.81. The Morgan fingerprint density at radius 3 is 2.70 bits per heavy atom. The van der Waals surface area contributed by atoms with Crippen LogP contribution in [0.4, 0.5) is 0 Å². The van der Waals surface area contributed by atoms with E-state index in [1.165, 1.54) is 18.4 Å². The lowest BCUT2D eigenvalue weighted by Crippen LogP contribution is -2.18. The van der Waals surface area contributed by atoms with E-state index in [0.29, 0.717) is 0 Å². The molecule has 1 aliphatic rings. The predicted octanol–water partition coefficient (Wildman–Crippen LogP) is 4.15. The van der Waals surface area contributed by atoms with Gasteiger partial charge in [0.25, 0.3) is 0 Å². The van der Waals surface area contributed by atoms with E-state index < -0.39 is 0 Å². The fourth-order valence-corrected chi connectivity index (χ4v) is 4.65. The Labute approximate surface area is 193 Å². The topological polar surface area (TPSA) is 71.2 Å². The molecule has 0 radical (unpaired) electrons. The first kappa shape index (κ1) is 21.5. The third-order valence-electron chi connectivity index (χ3n) is 6.50. The van der Waals surface area contributed by atoms with Gasteiger partial charge in [-0.2, -0.15) is 5.10 Å². The van der Waals surface area contributed by atoms with Gasteiger partial charge in [-0.3, -0.25) is 19.4 Å². The largest absolute Gasteiger partial charge is 0.390 e. The maximum absolute atomic E-state index is 13.0. The monoisotopic (exact) mass is 440 g/mol. The summed E-state index contributed by atoms with van der Waals surface area (Å²) in [7, 11) is 1.82. The summed E-state index contributed by atoms with van der Waals surface area (Å²) in [5.74, 6) is 0.0797. The van der Waals surface area contributed by atoms with E-state index in [1.54, 1.807) is 10.9 Å². The standard InChI is InChI=1S/C27H28N4O2/c1-30-26(18-32)25(16-29-30)20-7-8-22-15-28-24(13-23(22)12-20)14-27(33)21-6-4-5-19(11-21)17-31-9-2-3-10-31/h4-8,11-13,15-16,32H,2-3,9-10,14,17-18H2,1H3. The SMILES string of the molecule is Cn1ncc(-c2ccc3cnc(CC(=O)c4cccc(CN5CCCC5)c4)cc3c2)c1CO. The maximum atomic E-state index is 13.0. The Hall–Kier alpha value is -3.35. The minimum absolute atomic E-state index is 0.0726. The number of fused-ring (bicyclic) bond motifs is 1. The quantitative estimate of drug-likeness (QED) is 0.437. The summed E-state index contributed by atoms with van der Waals surface area (Å²) >= 11 is 0. The van der Waals surface area contributed by atoms with Crippen LogP contribution in [0.2, 0.25) is 0 Å². The van der Waals surface area contributed by atoms with Gasteiger partial charge >= 0.3 is 0 Å². The molecular weight excluding hydrogens is 412 g/mol. The average molecular weight is 441 g/mol. The minimum Gasteiger partial charge on any atom is -0.390 e. The molecule has 1 saturated heterocycles. The molecule has 168 valence electrons. The highest BCUT2D eigenvalue weighted by atomic mass is 16.3. The molecule has 0 unspecified atom stereocenters. The lowest BCUT2D eigenvalue weighted by Gasteiger charge is -2.15. The van der Waals surface area contributed by atoms with Gasteiger partial charge in [0.2, 0.25) is 0 Å². The van der Waals surface area contributed by atoms with E-state index in [2.05, 4.69) is 27.1 Å². The molecule has 1 aliphatic heterocycles. The number of pyridine rings is 1. The summed E-state index contributed by atoms with van der Waals surface area (Å²) in [6.07, 6.45) is 6.38. The highest BCUT2D eigenvalue weighted by molar-refractivity contribution is 5.98. The van der Waals surface area contributed by atoms with Crippen molar-refractivity contribution in [2.45, 2.75) is 32.4 Å². The first-order valence-electron chi connectivity index (χ1n) is 11.5. The Kier molecular flexibility index (Phi) is 6.03. The summed E-state index contributed by atoms with van der Waals surface area (Å²) in [4.78, 5) is 20.0. The summed E-state index contributed by atoms with van der Waals surface area (Å²) in [6, 6.07) is 16.1. The lowest BCUT2D eigenvalue weighted by molar-refractivity contribution is 0.0992. The summed E-state index contributed by atoms with van der Waals surface area (Å²) < 4.78 is 1.69. The van der Waals surface area contributed by atoms with Crippen molar-refractivity contribution >= 4 is 16.6 Å². The van der Waals surface area contributed by atoms with E-state index in [4.69, 9.17) is 0 Å². The van der Waals surface area contributed by atoms with Gasteiger partial charge < -0.3 is 5.11 Å². The van der Waals surface area contributed by atoms with Crippen LogP contribution in [0.5, 0.6) is 0 Å². The van der Waals surface area contributed by atoms with E-state index in [0.717, 1.165) is 58.5 Å². The zero-order chi connectivity index (χ0) is 22.8. The third kappa shape index (κ3) is 4.58. The van der Waals surface area contributed by atoms with Crippen molar-refractivity contribution in [1.29, 1.82) is 0 Å². The Morgan fingerprint density at radius 1 is 1.03 bits per heavy atom. The van der Waals surface area contributed by atoms with Crippen molar-refractivity contribution in [3.05, 3.63) is 83.4 Å². The smallest absolute Gasteiger partial charge is 0.168 e. The summed E-state index contributed by atoms with van der Waals surface area (Å²) in [6.45, 7) is 3.11. The van der Waals surface area contributed by atoms with Gasteiger partial charge in [0, 0.05) is 42.0 Å². The van der Waals surface area contributed by atoms with Gasteiger partial charge in [-0.25, -0.2) is 0 Å². The molecule has 0 saturated carbocycles. The zero-order valence-electron chi connectivity index (χ0n) is 18.9. The number of ketones is 1. The molecule has 2 aromatic carbocycles. The average Bonchev–Trinajstić information content (AvgIpc) is 3.48. The fraction of sp³-hybridized carbons (Fsp3) is 0.296. The Bertz CT molecular complexity index is 1300. The minimum atomic E-state index is -0.0726. The summed E-state index contributed by atoms with van der Waals surface area (Å²) in [5.41, 5.74) is 5.35. The number of aliphatic hydroxyl groups is 1. The van der Waals surface area contributed by atoms with Crippen LogP contribution in [0.15, 0.2) is 60.9 Å². The number of nitrogens with zero attached hydrogens (tertiary/aromatic N) is 4. The van der Waals surface area contributed by atoms with Crippen LogP contribution in [-0.2, 0) is 26.6 Å². The van der Waals surface area contributed by atoms with Gasteiger partial charge in [0.05, 0.1) is 24.9 Å². The lowest BCUT2D eigenvalue weighted by atomic mass is 10.00. The number of Topliss-reactive ketones (excluding diaryl/α,β-unsaturated/α-hetero) is 1. The number of hydrogen-bond acceptors (Lipinski definition) is 5. The molecule has 1 N–H and O–H groups in total. The van der Waals surface area contributed by atoms with Gasteiger partial charge in [-0.05, 0) is 60.6 Å². The fourth-order valence-electron chi connectivity index (χ4n) is 4.65. The van der Waals surface area contributed by atoms with Gasteiger partial charge in [0.15, 0.2) is 5.78 Å². The molecule has 0 atom stereocenters. The first-order chi connectivity index (χ1) is 16.1. The first-order valence-corrected chi connectivity index (χ1v) is 11.5. The van der Waals surface area contributed by atoms with Crippen molar-refractivity contribution in [2.75, 3.05) is 13.1 Å². The highest BCUT2D eigenvalue weighted by Gasteiger charge is 2.15. The molecule has 0 bridgehead atoms. The molecule has 6 nitrogen and oxygen atoms in total. The Balaban J connectivity index is 1.37. The molecule has 5 rings (SSSR count). The van der Waals surface area contributed by atoms with Crippen LogP contribution in [0, 0.1) is 0 Å². The van der Waals surface area contributed by atoms with Crippen molar-refractivity contribution in [1.82, 2.24) is 19.7 Å². The van der Waals surface area contributed by atoms with E-state index in [1.807, 2.05) is 49.6 Å². The number of hydrogen-bond donors (Lipinski definition) is 1. The van der Waals surface area contributed by atoms with E-state index in [9.17, 15) is 9.90 Å². The third-order valence-corrected chi connectivity index (χ3v) is 6.50. The maximum Gasteiger partial charge on any atom is 0.168 e. The highest BCUT2D eigenvalue weighted by Crippen LogP contribution is 2.27. The normalized spacial score (nSPS) is 14.2. The number of rotatable bonds is 7. The zero-order valence-corrected chi connectivity index (χ0v) is 18.9. The predicted molar refractivity (Wildman–Crippen MR) is 129 cm³/mol. The molecule has 0 spiro atoms. The second kappa shape index (κ2) is 9.25. The Morgan fingerprint density at radius 2 is 1.88 bits per heavy atom. The van der Waals surface area contributed by atoms with Gasteiger partial charge in [0.1, 0.15) is 0 Å². The van der Waals surface area contributed by atoms with Crippen LogP contribution in [0.3, 0.4) is 0 Å². The number of aliphatic hydroxyl groups excluding tert-OH is 1. The van der Waals surface area contributed by atoms with E-state index >= 15 is 0 Å². The second-order valence-electron chi connectivity index (χ2n) is 8.81. The number of likely N-dealkylation sites (tertiary alicyclic amines) is 1. The number of aromatic nitrogens is 3. The van der Waals surface area contributed by atoms with Crippen LogP contribution in [0.1, 0.15) is 40.2 Å². The van der Waals surface area contributed by atoms with Crippen LogP contribution in [0.25, 0.3) is 21.9 Å². The van der Waals surface area contributed by atoms with E-state index in [-0.39, 0.29) is 18.8 Å². The molecule has 0 amide bonds. The van der Waals surface area contributed by atoms with Gasteiger partial charge in [-0.1, -0.05) is 30.3 Å². The molecule has 2 aromatic heterocycles. The molecule has 1 fully saturated rings. The van der Waals surface area contributed by atoms with Crippen molar-refractivity contribution in [3.8, 4) is 11.1 Å². The van der Waals surface area contributed by atoms with Gasteiger partial charge in [-0.15, -0.1) is 0 Å². The number of benzene rings is 2. The van der Waals surface area contributed by atoms with Crippen LogP contribution < -0.4 is 0 Å². The van der Waals surface area contributed by atoms with Crippen LogP contribution in [-0.4, -0.2) is 43.6 Å². The van der Waals surface area contributed by atoms with Crippen molar-refractivity contribution in [3.63, 3.8) is 0 Å². The van der Waals surface area contributed by atoms with Crippen molar-refractivity contribution in [2.24, 2.45) is 7.05 Å². The number of carbonyl (C=O) groups is 1. The molecule has 6 heteroatoms.